The van der Waals surface area contributed by atoms with E-state index in [1.807, 2.05) is 59.5 Å². The number of hydrogen-bond acceptors (Lipinski definition) is 7. The number of carbonyl (C=O) groups is 2. The first kappa shape index (κ1) is 32.4. The van der Waals surface area contributed by atoms with E-state index in [4.69, 9.17) is 14.2 Å². The molecule has 1 heterocycles. The van der Waals surface area contributed by atoms with Crippen molar-refractivity contribution in [2.75, 3.05) is 34.4 Å². The second-order valence-corrected chi connectivity index (χ2v) is 11.4. The molecule has 0 unspecified atom stereocenters. The lowest BCUT2D eigenvalue weighted by molar-refractivity contribution is 0.0542. The summed E-state index contributed by atoms with van der Waals surface area (Å²) in [7, 11) is 4.76. The van der Waals surface area contributed by atoms with Gasteiger partial charge in [-0.25, -0.2) is 0 Å². The van der Waals surface area contributed by atoms with Crippen LogP contribution < -0.4 is 19.5 Å². The Hall–Kier alpha value is -5.02. The Kier molecular flexibility index (Phi) is 10.8. The SMILES string of the molecule is COc1ccc(CNC(=O)c2ccc(CN(C(=O)c3ccc(OC)cc3)C3CCN(Cc4ccc(OC)c(O)c4)CC3)cc2)cc1. The Bertz CT molecular complexity index is 1600. The number of hydrogen-bond donors (Lipinski definition) is 2. The van der Waals surface area contributed by atoms with Gasteiger partial charge in [-0.2, -0.15) is 0 Å². The van der Waals surface area contributed by atoms with Gasteiger partial charge >= 0.3 is 0 Å². The molecule has 1 fully saturated rings. The van der Waals surface area contributed by atoms with Gasteiger partial charge in [0.25, 0.3) is 11.8 Å². The van der Waals surface area contributed by atoms with E-state index < -0.39 is 0 Å². The van der Waals surface area contributed by atoms with Crippen LogP contribution in [0.3, 0.4) is 0 Å². The Balaban J connectivity index is 1.24. The number of ether oxygens (including phenoxy) is 3. The molecule has 4 aromatic carbocycles. The number of nitrogens with zero attached hydrogens (tertiary/aromatic N) is 2. The number of amides is 2. The van der Waals surface area contributed by atoms with Crippen molar-refractivity contribution in [1.29, 1.82) is 0 Å². The van der Waals surface area contributed by atoms with Crippen molar-refractivity contribution in [3.8, 4) is 23.0 Å². The maximum absolute atomic E-state index is 13.9. The van der Waals surface area contributed by atoms with Crippen molar-refractivity contribution < 1.29 is 28.9 Å². The van der Waals surface area contributed by atoms with Gasteiger partial charge in [-0.15, -0.1) is 0 Å². The van der Waals surface area contributed by atoms with Crippen molar-refractivity contribution in [2.45, 2.75) is 38.5 Å². The van der Waals surface area contributed by atoms with Crippen LogP contribution in [-0.2, 0) is 19.6 Å². The molecule has 1 aliphatic heterocycles. The highest BCUT2D eigenvalue weighted by molar-refractivity contribution is 5.95. The van der Waals surface area contributed by atoms with Crippen LogP contribution >= 0.6 is 0 Å². The predicted octanol–water partition coefficient (Wildman–Crippen LogP) is 5.66. The summed E-state index contributed by atoms with van der Waals surface area (Å²) >= 11 is 0. The van der Waals surface area contributed by atoms with E-state index >= 15 is 0 Å². The molecular weight excluding hydrogens is 582 g/mol. The molecule has 240 valence electrons. The summed E-state index contributed by atoms with van der Waals surface area (Å²) in [4.78, 5) is 31.1. The van der Waals surface area contributed by atoms with Crippen LogP contribution in [0.5, 0.6) is 23.0 Å². The highest BCUT2D eigenvalue weighted by Crippen LogP contribution is 2.28. The average Bonchev–Trinajstić information content (AvgIpc) is 3.10. The summed E-state index contributed by atoms with van der Waals surface area (Å²) in [5.74, 6) is 1.85. The van der Waals surface area contributed by atoms with Crippen molar-refractivity contribution >= 4 is 11.8 Å². The number of phenols is 1. The second kappa shape index (κ2) is 15.3. The van der Waals surface area contributed by atoms with Crippen LogP contribution in [0, 0.1) is 0 Å². The van der Waals surface area contributed by atoms with Gasteiger partial charge in [0.05, 0.1) is 21.3 Å². The molecule has 0 bridgehead atoms. The normalized spacial score (nSPS) is 13.5. The number of benzene rings is 4. The standard InChI is InChI=1S/C37H41N3O6/c1-44-32-13-6-26(7-14-32)23-38-36(42)29-9-4-27(5-10-29)25-40(37(43)30-11-15-33(45-2)16-12-30)31-18-20-39(21-19-31)24-28-8-17-35(46-3)34(41)22-28/h4-17,22,31,41H,18-21,23-25H2,1-3H3,(H,38,42). The topological polar surface area (TPSA) is 101 Å². The monoisotopic (exact) mass is 623 g/mol. The van der Waals surface area contributed by atoms with E-state index in [1.165, 1.54) is 7.11 Å². The quantitative estimate of drug-likeness (QED) is 0.210. The highest BCUT2D eigenvalue weighted by atomic mass is 16.5. The van der Waals surface area contributed by atoms with Gasteiger partial charge in [-0.05, 0) is 90.2 Å². The van der Waals surface area contributed by atoms with Crippen LogP contribution in [0.2, 0.25) is 0 Å². The third kappa shape index (κ3) is 8.17. The molecule has 0 spiro atoms. The molecule has 1 saturated heterocycles. The van der Waals surface area contributed by atoms with E-state index in [0.29, 0.717) is 42.3 Å². The summed E-state index contributed by atoms with van der Waals surface area (Å²) in [6.07, 6.45) is 1.63. The van der Waals surface area contributed by atoms with Crippen LogP contribution in [0.1, 0.15) is 50.2 Å². The number of phenolic OH excluding ortho intramolecular Hbond substituents is 1. The summed E-state index contributed by atoms with van der Waals surface area (Å²) < 4.78 is 15.7. The number of carbonyl (C=O) groups excluding carboxylic acids is 2. The zero-order valence-corrected chi connectivity index (χ0v) is 26.6. The molecule has 0 atom stereocenters. The minimum absolute atomic E-state index is 0.0394. The molecule has 0 aromatic heterocycles. The van der Waals surface area contributed by atoms with Gasteiger partial charge in [0, 0.05) is 49.9 Å². The number of methoxy groups -OCH3 is 3. The minimum atomic E-state index is -0.161. The fraction of sp³-hybridized carbons (Fsp3) is 0.297. The summed E-state index contributed by atoms with van der Waals surface area (Å²) in [6, 6.07) is 27.8. The van der Waals surface area contributed by atoms with Gasteiger partial charge in [0.2, 0.25) is 0 Å². The van der Waals surface area contributed by atoms with Crippen LogP contribution in [0.25, 0.3) is 0 Å². The van der Waals surface area contributed by atoms with Crippen molar-refractivity contribution in [3.63, 3.8) is 0 Å². The van der Waals surface area contributed by atoms with E-state index in [0.717, 1.165) is 48.4 Å². The van der Waals surface area contributed by atoms with E-state index in [9.17, 15) is 14.7 Å². The molecule has 5 rings (SSSR count). The van der Waals surface area contributed by atoms with Crippen LogP contribution in [0.4, 0.5) is 0 Å². The second-order valence-electron chi connectivity index (χ2n) is 11.4. The van der Waals surface area contributed by atoms with Crippen LogP contribution in [-0.4, -0.2) is 67.2 Å². The first-order chi connectivity index (χ1) is 22.4. The van der Waals surface area contributed by atoms with Crippen molar-refractivity contribution in [1.82, 2.24) is 15.1 Å². The molecule has 1 aliphatic rings. The Morgan fingerprint density at radius 1 is 0.761 bits per heavy atom. The summed E-state index contributed by atoms with van der Waals surface area (Å²) in [6.45, 7) is 3.18. The van der Waals surface area contributed by atoms with Crippen LogP contribution in [0.15, 0.2) is 91.0 Å². The van der Waals surface area contributed by atoms with Gasteiger partial charge in [-0.3, -0.25) is 14.5 Å². The highest BCUT2D eigenvalue weighted by Gasteiger charge is 2.29. The zero-order chi connectivity index (χ0) is 32.5. The van der Waals surface area contributed by atoms with Crippen molar-refractivity contribution in [2.24, 2.45) is 0 Å². The molecule has 46 heavy (non-hydrogen) atoms. The first-order valence-electron chi connectivity index (χ1n) is 15.4. The van der Waals surface area contributed by atoms with Gasteiger partial charge in [0.1, 0.15) is 11.5 Å². The maximum atomic E-state index is 13.9. The fourth-order valence-electron chi connectivity index (χ4n) is 5.73. The molecule has 2 N–H and O–H groups in total. The molecule has 0 aliphatic carbocycles. The number of nitrogens with one attached hydrogen (secondary N) is 1. The summed E-state index contributed by atoms with van der Waals surface area (Å²) in [5.41, 5.74) is 4.10. The van der Waals surface area contributed by atoms with E-state index in [1.54, 1.807) is 50.6 Å². The van der Waals surface area contributed by atoms with Gasteiger partial charge < -0.3 is 29.5 Å². The molecule has 2 amide bonds. The molecule has 9 nitrogen and oxygen atoms in total. The molecule has 9 heteroatoms. The third-order valence-electron chi connectivity index (χ3n) is 8.43. The minimum Gasteiger partial charge on any atom is -0.504 e. The number of aromatic hydroxyl groups is 1. The fourth-order valence-corrected chi connectivity index (χ4v) is 5.73. The predicted molar refractivity (Wildman–Crippen MR) is 176 cm³/mol. The van der Waals surface area contributed by atoms with E-state index in [-0.39, 0.29) is 23.6 Å². The lowest BCUT2D eigenvalue weighted by atomic mass is 9.99. The average molecular weight is 624 g/mol. The van der Waals surface area contributed by atoms with Crippen molar-refractivity contribution in [3.05, 3.63) is 119 Å². The Morgan fingerprint density at radius 3 is 1.91 bits per heavy atom. The lowest BCUT2D eigenvalue weighted by Crippen LogP contribution is -2.46. The largest absolute Gasteiger partial charge is 0.504 e. The lowest BCUT2D eigenvalue weighted by Gasteiger charge is -2.39. The molecule has 0 radical (unpaired) electrons. The van der Waals surface area contributed by atoms with E-state index in [2.05, 4.69) is 10.2 Å². The Labute approximate surface area is 270 Å². The zero-order valence-electron chi connectivity index (χ0n) is 26.6. The molecule has 0 saturated carbocycles. The molecular formula is C37H41N3O6. The number of rotatable bonds is 12. The van der Waals surface area contributed by atoms with Gasteiger partial charge in [0.15, 0.2) is 11.5 Å². The third-order valence-corrected chi connectivity index (χ3v) is 8.43. The molecule has 4 aromatic rings. The Morgan fingerprint density at radius 2 is 1.33 bits per heavy atom. The number of likely N-dealkylation sites (tertiary alicyclic amines) is 1. The van der Waals surface area contributed by atoms with Gasteiger partial charge in [-0.1, -0.05) is 30.3 Å². The maximum Gasteiger partial charge on any atom is 0.254 e. The summed E-state index contributed by atoms with van der Waals surface area (Å²) in [5, 5.41) is 13.2. The smallest absolute Gasteiger partial charge is 0.254 e. The first-order valence-corrected chi connectivity index (χ1v) is 15.4. The number of piperidine rings is 1.